The first-order valence-electron chi connectivity index (χ1n) is 9.88. The Bertz CT molecular complexity index is 471. The number of halogens is 2. The zero-order valence-electron chi connectivity index (χ0n) is 17.0. The maximum absolute atomic E-state index is 12.6. The van der Waals surface area contributed by atoms with E-state index in [0.29, 0.717) is 13.1 Å². The Morgan fingerprint density at radius 1 is 1.30 bits per heavy atom. The molecule has 0 amide bonds. The molecule has 0 aromatic rings. The summed E-state index contributed by atoms with van der Waals surface area (Å²) in [5.41, 5.74) is 13.5. The van der Waals surface area contributed by atoms with E-state index in [4.69, 9.17) is 11.5 Å². The summed E-state index contributed by atoms with van der Waals surface area (Å²) in [5, 5.41) is 0. The summed E-state index contributed by atoms with van der Waals surface area (Å²) in [7, 11) is 0. The summed E-state index contributed by atoms with van der Waals surface area (Å²) in [4.78, 5) is 6.41. The average Bonchev–Trinajstić information content (AvgIpc) is 2.58. The minimum Gasteiger partial charge on any atom is -0.404 e. The van der Waals surface area contributed by atoms with E-state index in [0.717, 1.165) is 56.4 Å². The SMILES string of the molecule is C=CC.CC(N)CCN(CCCCC1=NCCCC(=C\N)/C=C\1)CC(F)F. The molecule has 1 aliphatic rings. The standard InChI is InChI=1S/C18H32F2N4.C3H6/c1-15(22)9-12-24(14-18(19)20)11-3-2-6-17-8-7-16(13-21)5-4-10-23-17;1-3-2/h7-8,13,15,18H,2-6,9-12,14,21-22H2,1H3;3H,1H2,2H3/b8-7-,16-13+,23-17?;. The zero-order chi connectivity index (χ0) is 20.5. The molecule has 1 heterocycles. The molecule has 4 nitrogen and oxygen atoms in total. The molecule has 0 aromatic heterocycles. The molecule has 1 aliphatic heterocycles. The molecule has 156 valence electrons. The van der Waals surface area contributed by atoms with Gasteiger partial charge in [-0.25, -0.2) is 8.78 Å². The van der Waals surface area contributed by atoms with Crippen LogP contribution >= 0.6 is 0 Å². The summed E-state index contributed by atoms with van der Waals surface area (Å²) in [5.74, 6) is 0. The maximum atomic E-state index is 12.6. The number of hydrogen-bond acceptors (Lipinski definition) is 4. The van der Waals surface area contributed by atoms with Gasteiger partial charge in [0.15, 0.2) is 0 Å². The molecular weight excluding hydrogens is 346 g/mol. The van der Waals surface area contributed by atoms with Gasteiger partial charge in [0.05, 0.1) is 6.54 Å². The van der Waals surface area contributed by atoms with E-state index in [1.165, 1.54) is 0 Å². The molecule has 0 radical (unpaired) electrons. The molecule has 0 saturated carbocycles. The van der Waals surface area contributed by atoms with Gasteiger partial charge in [-0.05, 0) is 83.3 Å². The molecule has 6 heteroatoms. The number of allylic oxidation sites excluding steroid dienone is 4. The van der Waals surface area contributed by atoms with Crippen LogP contribution in [-0.4, -0.2) is 49.3 Å². The van der Waals surface area contributed by atoms with E-state index < -0.39 is 6.43 Å². The highest BCUT2D eigenvalue weighted by atomic mass is 19.3. The molecule has 4 N–H and O–H groups in total. The normalized spacial score (nSPS) is 18.3. The molecular formula is C21H38F2N4. The van der Waals surface area contributed by atoms with Crippen LogP contribution < -0.4 is 11.5 Å². The van der Waals surface area contributed by atoms with Crippen LogP contribution in [0.1, 0.15) is 52.4 Å². The van der Waals surface area contributed by atoms with Crippen molar-refractivity contribution in [3.05, 3.63) is 36.6 Å². The van der Waals surface area contributed by atoms with Crippen molar-refractivity contribution in [3.63, 3.8) is 0 Å². The molecule has 27 heavy (non-hydrogen) atoms. The number of rotatable bonds is 10. The van der Waals surface area contributed by atoms with Crippen LogP contribution in [0.15, 0.2) is 41.6 Å². The molecule has 1 atom stereocenters. The van der Waals surface area contributed by atoms with E-state index in [-0.39, 0.29) is 12.6 Å². The van der Waals surface area contributed by atoms with Crippen LogP contribution in [-0.2, 0) is 0 Å². The molecule has 0 spiro atoms. The van der Waals surface area contributed by atoms with E-state index >= 15 is 0 Å². The summed E-state index contributed by atoms with van der Waals surface area (Å²) in [6, 6.07) is 0.0457. The van der Waals surface area contributed by atoms with Gasteiger partial charge in [0.1, 0.15) is 0 Å². The minimum atomic E-state index is -2.29. The van der Waals surface area contributed by atoms with Gasteiger partial charge < -0.3 is 11.5 Å². The highest BCUT2D eigenvalue weighted by Gasteiger charge is 2.12. The van der Waals surface area contributed by atoms with E-state index in [1.54, 1.807) is 12.3 Å². The molecule has 0 saturated heterocycles. The second-order valence-corrected chi connectivity index (χ2v) is 6.87. The Balaban J connectivity index is 0.00000210. The molecule has 0 bridgehead atoms. The third-order valence-corrected chi connectivity index (χ3v) is 4.10. The van der Waals surface area contributed by atoms with Crippen molar-refractivity contribution in [1.29, 1.82) is 0 Å². The summed E-state index contributed by atoms with van der Waals surface area (Å²) in [6.07, 6.45) is 10.6. The Hall–Kier alpha value is -1.53. The lowest BCUT2D eigenvalue weighted by Gasteiger charge is -2.22. The fourth-order valence-electron chi connectivity index (χ4n) is 2.66. The van der Waals surface area contributed by atoms with Gasteiger partial charge in [0.25, 0.3) is 6.43 Å². The van der Waals surface area contributed by atoms with Crippen LogP contribution in [0.2, 0.25) is 0 Å². The number of aliphatic imine (C=N–C) groups is 1. The monoisotopic (exact) mass is 384 g/mol. The summed E-state index contributed by atoms with van der Waals surface area (Å²) >= 11 is 0. The van der Waals surface area contributed by atoms with Crippen molar-refractivity contribution < 1.29 is 8.78 Å². The van der Waals surface area contributed by atoms with Gasteiger partial charge in [-0.15, -0.1) is 6.58 Å². The van der Waals surface area contributed by atoms with E-state index in [1.807, 2.05) is 30.9 Å². The van der Waals surface area contributed by atoms with Crippen molar-refractivity contribution in [3.8, 4) is 0 Å². The average molecular weight is 385 g/mol. The summed E-state index contributed by atoms with van der Waals surface area (Å²) < 4.78 is 25.3. The van der Waals surface area contributed by atoms with Crippen LogP contribution in [0, 0.1) is 0 Å². The van der Waals surface area contributed by atoms with Gasteiger partial charge in [0.2, 0.25) is 0 Å². The fourth-order valence-corrected chi connectivity index (χ4v) is 2.66. The zero-order valence-corrected chi connectivity index (χ0v) is 17.0. The van der Waals surface area contributed by atoms with Gasteiger partial charge in [-0.2, -0.15) is 0 Å². The van der Waals surface area contributed by atoms with Crippen LogP contribution in [0.3, 0.4) is 0 Å². The Morgan fingerprint density at radius 2 is 2.00 bits per heavy atom. The molecule has 1 unspecified atom stereocenters. The predicted octanol–water partition coefficient (Wildman–Crippen LogP) is 4.29. The Morgan fingerprint density at radius 3 is 2.59 bits per heavy atom. The number of alkyl halides is 2. The maximum Gasteiger partial charge on any atom is 0.251 e. The first-order valence-corrected chi connectivity index (χ1v) is 9.88. The van der Waals surface area contributed by atoms with Crippen molar-refractivity contribution >= 4 is 5.71 Å². The third-order valence-electron chi connectivity index (χ3n) is 4.10. The van der Waals surface area contributed by atoms with Gasteiger partial charge in [-0.1, -0.05) is 12.2 Å². The van der Waals surface area contributed by atoms with Crippen molar-refractivity contribution in [1.82, 2.24) is 4.90 Å². The number of hydrogen-bond donors (Lipinski definition) is 2. The first kappa shape index (κ1) is 25.5. The van der Waals surface area contributed by atoms with Crippen molar-refractivity contribution in [2.75, 3.05) is 26.2 Å². The van der Waals surface area contributed by atoms with Gasteiger partial charge in [-0.3, -0.25) is 9.89 Å². The quantitative estimate of drug-likeness (QED) is 0.436. The predicted molar refractivity (Wildman–Crippen MR) is 113 cm³/mol. The Labute approximate surface area is 164 Å². The van der Waals surface area contributed by atoms with Gasteiger partial charge in [0, 0.05) is 18.3 Å². The first-order chi connectivity index (χ1) is 12.9. The second kappa shape index (κ2) is 16.6. The van der Waals surface area contributed by atoms with Gasteiger partial charge >= 0.3 is 0 Å². The van der Waals surface area contributed by atoms with Crippen LogP contribution in [0.4, 0.5) is 8.78 Å². The molecule has 0 fully saturated rings. The number of nitrogens with two attached hydrogens (primary N) is 2. The van der Waals surface area contributed by atoms with E-state index in [2.05, 4.69) is 11.6 Å². The molecule has 0 aliphatic carbocycles. The lowest BCUT2D eigenvalue weighted by atomic mass is 10.1. The third kappa shape index (κ3) is 15.2. The minimum absolute atomic E-state index is 0.0457. The van der Waals surface area contributed by atoms with E-state index in [9.17, 15) is 8.78 Å². The largest absolute Gasteiger partial charge is 0.404 e. The van der Waals surface area contributed by atoms with Crippen molar-refractivity contribution in [2.24, 2.45) is 16.5 Å². The number of nitrogens with zero attached hydrogens (tertiary/aromatic N) is 2. The lowest BCUT2D eigenvalue weighted by molar-refractivity contribution is 0.0859. The lowest BCUT2D eigenvalue weighted by Crippen LogP contribution is -2.33. The second-order valence-electron chi connectivity index (χ2n) is 6.87. The molecule has 0 aromatic carbocycles. The Kier molecular flexibility index (Phi) is 15.7. The molecule has 1 rings (SSSR count). The fraction of sp³-hybridized carbons (Fsp3) is 0.667. The number of unbranched alkanes of at least 4 members (excludes halogenated alkanes) is 1. The summed E-state index contributed by atoms with van der Waals surface area (Å²) in [6.45, 7) is 9.13. The topological polar surface area (TPSA) is 67.6 Å². The van der Waals surface area contributed by atoms with Crippen LogP contribution in [0.5, 0.6) is 0 Å². The van der Waals surface area contributed by atoms with Crippen LogP contribution in [0.25, 0.3) is 0 Å². The smallest absolute Gasteiger partial charge is 0.251 e. The highest BCUT2D eigenvalue weighted by molar-refractivity contribution is 5.95. The van der Waals surface area contributed by atoms with Crippen molar-refractivity contribution in [2.45, 2.75) is 64.8 Å². The highest BCUT2D eigenvalue weighted by Crippen LogP contribution is 2.11.